The van der Waals surface area contributed by atoms with Crippen LogP contribution >= 0.6 is 0 Å². The molecular formula is C32H35FN4. The lowest BCUT2D eigenvalue weighted by Crippen LogP contribution is -1.89. The molecular weight excluding hydrogens is 459 g/mol. The van der Waals surface area contributed by atoms with Crippen molar-refractivity contribution in [3.05, 3.63) is 120 Å². The topological polar surface area (TPSA) is 57.4 Å². The normalized spacial score (nSPS) is 12.3. The highest BCUT2D eigenvalue weighted by molar-refractivity contribution is 5.95. The Morgan fingerprint density at radius 1 is 1.14 bits per heavy atom. The number of aromatic nitrogens is 4. The lowest BCUT2D eigenvalue weighted by Gasteiger charge is -2.07. The summed E-state index contributed by atoms with van der Waals surface area (Å²) >= 11 is 0. The van der Waals surface area contributed by atoms with Gasteiger partial charge in [0.2, 0.25) is 0 Å². The number of hydrogen-bond donors (Lipinski definition) is 2. The molecule has 0 saturated carbocycles. The third-order valence-corrected chi connectivity index (χ3v) is 6.05. The van der Waals surface area contributed by atoms with Crippen molar-refractivity contribution in [2.24, 2.45) is 0 Å². The van der Waals surface area contributed by atoms with Gasteiger partial charge in [-0.3, -0.25) is 10.1 Å². The number of aryl methyl sites for hydroxylation is 1. The fraction of sp³-hybridized carbons (Fsp3) is 0.188. The number of nitrogens with zero attached hydrogens (tertiary/aromatic N) is 2. The number of pyridine rings is 1. The Morgan fingerprint density at radius 2 is 1.92 bits per heavy atom. The second-order valence-electron chi connectivity index (χ2n) is 8.26. The zero-order valence-electron chi connectivity index (χ0n) is 22.3. The van der Waals surface area contributed by atoms with E-state index in [9.17, 15) is 4.39 Å². The van der Waals surface area contributed by atoms with Gasteiger partial charge in [0.15, 0.2) is 0 Å². The van der Waals surface area contributed by atoms with Crippen LogP contribution in [-0.4, -0.2) is 20.2 Å². The standard InChI is InChI=1S/C30H29FN4.C2H6/c1-6-11-24(22-12-10-13-23(31)15-22)25-16-28(33-19(25)5)30-26-17-27(32-18-29(26)34-35-30)21(9-4)14-20(7-2)8-3;1-2/h6-7,9-18,33H,1-2,8H2,3-5H3,(H,34,35);1-2H3/b20-14+,21-9+,24-11-;. The number of benzene rings is 1. The number of halogens is 1. The number of nitrogens with one attached hydrogen (secondary N) is 2. The lowest BCUT2D eigenvalue weighted by molar-refractivity contribution is 0.627. The summed E-state index contributed by atoms with van der Waals surface area (Å²) in [5.41, 5.74) is 9.16. The van der Waals surface area contributed by atoms with Gasteiger partial charge >= 0.3 is 0 Å². The maximum Gasteiger partial charge on any atom is 0.123 e. The van der Waals surface area contributed by atoms with Gasteiger partial charge in [-0.1, -0.05) is 70.4 Å². The molecule has 0 bridgehead atoms. The summed E-state index contributed by atoms with van der Waals surface area (Å²) in [6, 6.07) is 10.7. The summed E-state index contributed by atoms with van der Waals surface area (Å²) in [5.74, 6) is -0.277. The van der Waals surface area contributed by atoms with Crippen LogP contribution < -0.4 is 0 Å². The van der Waals surface area contributed by atoms with Crippen molar-refractivity contribution in [3.63, 3.8) is 0 Å². The molecule has 190 valence electrons. The second-order valence-corrected chi connectivity index (χ2v) is 8.26. The smallest absolute Gasteiger partial charge is 0.123 e. The Bertz CT molecular complexity index is 1490. The summed E-state index contributed by atoms with van der Waals surface area (Å²) in [7, 11) is 0. The van der Waals surface area contributed by atoms with Crippen molar-refractivity contribution in [2.75, 3.05) is 0 Å². The van der Waals surface area contributed by atoms with Crippen LogP contribution in [0.25, 0.3) is 33.4 Å². The van der Waals surface area contributed by atoms with Gasteiger partial charge in [-0.2, -0.15) is 5.10 Å². The van der Waals surface area contributed by atoms with E-state index < -0.39 is 0 Å². The van der Waals surface area contributed by atoms with Crippen molar-refractivity contribution in [2.45, 2.75) is 41.0 Å². The van der Waals surface area contributed by atoms with Crippen LogP contribution in [0.15, 0.2) is 91.7 Å². The molecule has 0 radical (unpaired) electrons. The van der Waals surface area contributed by atoms with Gasteiger partial charge in [-0.15, -0.1) is 0 Å². The van der Waals surface area contributed by atoms with Gasteiger partial charge in [0.25, 0.3) is 0 Å². The van der Waals surface area contributed by atoms with Crippen molar-refractivity contribution in [3.8, 4) is 11.4 Å². The number of aromatic amines is 2. The number of fused-ring (bicyclic) bond motifs is 1. The number of allylic oxidation sites excluding steroid dienone is 7. The van der Waals surface area contributed by atoms with E-state index in [0.29, 0.717) is 0 Å². The Labute approximate surface area is 219 Å². The molecule has 4 nitrogen and oxygen atoms in total. The monoisotopic (exact) mass is 494 g/mol. The number of H-pyrrole nitrogens is 2. The molecule has 0 spiro atoms. The molecule has 0 atom stereocenters. The zero-order valence-corrected chi connectivity index (χ0v) is 22.3. The first-order valence-electron chi connectivity index (χ1n) is 12.6. The molecule has 0 aliphatic carbocycles. The van der Waals surface area contributed by atoms with Crippen molar-refractivity contribution < 1.29 is 4.39 Å². The van der Waals surface area contributed by atoms with Gasteiger partial charge in [0, 0.05) is 16.6 Å². The predicted octanol–water partition coefficient (Wildman–Crippen LogP) is 8.97. The summed E-state index contributed by atoms with van der Waals surface area (Å²) < 4.78 is 13.9. The van der Waals surface area contributed by atoms with Crippen LogP contribution in [0.4, 0.5) is 4.39 Å². The first-order chi connectivity index (χ1) is 18.0. The van der Waals surface area contributed by atoms with E-state index in [1.807, 2.05) is 52.1 Å². The quantitative estimate of drug-likeness (QED) is 0.240. The van der Waals surface area contributed by atoms with E-state index in [1.54, 1.807) is 12.1 Å². The van der Waals surface area contributed by atoms with E-state index in [-0.39, 0.29) is 5.82 Å². The Balaban J connectivity index is 0.00000186. The highest BCUT2D eigenvalue weighted by Gasteiger charge is 2.17. The third kappa shape index (κ3) is 5.95. The molecule has 0 saturated heterocycles. The van der Waals surface area contributed by atoms with Gasteiger partial charge in [0.1, 0.15) is 11.5 Å². The average Bonchev–Trinajstić information content (AvgIpc) is 3.52. The average molecular weight is 495 g/mol. The SMILES string of the molecule is C=C/C=C(/c1cccc(F)c1)c1cc(-c2n[nH]c3cnc(C(/C=C(\C=C)CC)=C/C)cc23)[nH]c1C.CC. The molecule has 0 aliphatic heterocycles. The predicted molar refractivity (Wildman–Crippen MR) is 156 cm³/mol. The Hall–Kier alpha value is -4.25. The van der Waals surface area contributed by atoms with E-state index >= 15 is 0 Å². The Morgan fingerprint density at radius 3 is 2.57 bits per heavy atom. The second kappa shape index (κ2) is 12.6. The summed E-state index contributed by atoms with van der Waals surface area (Å²) in [4.78, 5) is 8.11. The molecule has 0 aliphatic rings. The minimum atomic E-state index is -0.277. The maximum atomic E-state index is 13.9. The molecule has 3 aromatic heterocycles. The van der Waals surface area contributed by atoms with E-state index in [4.69, 9.17) is 0 Å². The van der Waals surface area contributed by atoms with Crippen LogP contribution in [-0.2, 0) is 0 Å². The fourth-order valence-electron chi connectivity index (χ4n) is 4.17. The number of hydrogen-bond acceptors (Lipinski definition) is 2. The molecule has 4 aromatic rings. The molecule has 1 aromatic carbocycles. The third-order valence-electron chi connectivity index (χ3n) is 6.05. The Kier molecular flexibility index (Phi) is 9.33. The fourth-order valence-corrected chi connectivity index (χ4v) is 4.17. The summed E-state index contributed by atoms with van der Waals surface area (Å²) in [5, 5.41) is 8.64. The van der Waals surface area contributed by atoms with E-state index in [1.165, 1.54) is 12.1 Å². The van der Waals surface area contributed by atoms with Gasteiger partial charge < -0.3 is 4.98 Å². The summed E-state index contributed by atoms with van der Waals surface area (Å²) in [6.07, 6.45) is 12.4. The van der Waals surface area contributed by atoms with Crippen LogP contribution in [0.5, 0.6) is 0 Å². The van der Waals surface area contributed by atoms with E-state index in [2.05, 4.69) is 64.5 Å². The lowest BCUT2D eigenvalue weighted by atomic mass is 9.97. The molecule has 0 fully saturated rings. The molecule has 3 heterocycles. The minimum absolute atomic E-state index is 0.277. The molecule has 0 unspecified atom stereocenters. The maximum absolute atomic E-state index is 13.9. The van der Waals surface area contributed by atoms with Gasteiger partial charge in [-0.05, 0) is 72.9 Å². The minimum Gasteiger partial charge on any atom is -0.357 e. The number of rotatable bonds is 8. The molecule has 0 amide bonds. The van der Waals surface area contributed by atoms with Crippen molar-refractivity contribution in [1.82, 2.24) is 20.2 Å². The van der Waals surface area contributed by atoms with E-state index in [0.717, 1.165) is 67.9 Å². The van der Waals surface area contributed by atoms with Gasteiger partial charge in [0.05, 0.1) is 23.1 Å². The molecule has 37 heavy (non-hydrogen) atoms. The first-order valence-corrected chi connectivity index (χ1v) is 12.6. The largest absolute Gasteiger partial charge is 0.357 e. The molecule has 2 N–H and O–H groups in total. The first kappa shape index (κ1) is 27.3. The van der Waals surface area contributed by atoms with Crippen molar-refractivity contribution in [1.29, 1.82) is 0 Å². The molecule has 5 heteroatoms. The zero-order chi connectivity index (χ0) is 26.9. The van der Waals surface area contributed by atoms with Crippen LogP contribution in [0, 0.1) is 12.7 Å². The van der Waals surface area contributed by atoms with Crippen LogP contribution in [0.3, 0.4) is 0 Å². The molecule has 4 rings (SSSR count). The highest BCUT2D eigenvalue weighted by atomic mass is 19.1. The highest BCUT2D eigenvalue weighted by Crippen LogP contribution is 2.33. The van der Waals surface area contributed by atoms with Gasteiger partial charge in [-0.25, -0.2) is 4.39 Å². The van der Waals surface area contributed by atoms with Crippen molar-refractivity contribution >= 4 is 22.0 Å². The van der Waals surface area contributed by atoms with Crippen LogP contribution in [0.2, 0.25) is 0 Å². The summed E-state index contributed by atoms with van der Waals surface area (Å²) in [6.45, 7) is 17.9. The van der Waals surface area contributed by atoms with Crippen LogP contribution in [0.1, 0.15) is 56.6 Å².